The molecule has 1 heterocycles. The Morgan fingerprint density at radius 1 is 1.06 bits per heavy atom. The summed E-state index contributed by atoms with van der Waals surface area (Å²) in [6, 6.07) is 12.1. The van der Waals surface area contributed by atoms with Crippen molar-refractivity contribution in [3.8, 4) is 5.69 Å². The molecule has 0 radical (unpaired) electrons. The number of aromatic nitrogens is 2. The first-order valence-corrected chi connectivity index (χ1v) is 9.82. The number of ketones is 1. The van der Waals surface area contributed by atoms with E-state index in [1.807, 2.05) is 31.4 Å². The first-order valence-electron chi connectivity index (χ1n) is 9.82. The zero-order chi connectivity index (χ0) is 22.5. The predicted octanol–water partition coefficient (Wildman–Crippen LogP) is 4.61. The lowest BCUT2D eigenvalue weighted by atomic mass is 10.0. The van der Waals surface area contributed by atoms with Gasteiger partial charge in [0.25, 0.3) is 0 Å². The molecule has 3 rings (SSSR count). The maximum Gasteiger partial charge on any atom is 0.409 e. The van der Waals surface area contributed by atoms with Gasteiger partial charge in [0.2, 0.25) is 5.91 Å². The van der Waals surface area contributed by atoms with Crippen molar-refractivity contribution in [3.63, 3.8) is 0 Å². The smallest absolute Gasteiger partial charge is 0.409 e. The minimum absolute atomic E-state index is 0.186. The largest absolute Gasteiger partial charge is 0.465 e. The molecule has 8 nitrogen and oxygen atoms in total. The molecule has 2 aromatic carbocycles. The van der Waals surface area contributed by atoms with Crippen LogP contribution in [0.15, 0.2) is 54.9 Å². The Hall–Kier alpha value is -3.94. The summed E-state index contributed by atoms with van der Waals surface area (Å²) in [5.74, 6) is 0.102. The number of benzene rings is 2. The summed E-state index contributed by atoms with van der Waals surface area (Å²) in [6.45, 7) is 5.84. The number of Topliss-reactive ketones (excluding diaryl/α,β-unsaturated/α-hetero) is 1. The lowest BCUT2D eigenvalue weighted by molar-refractivity contribution is -0.115. The summed E-state index contributed by atoms with van der Waals surface area (Å²) in [6.07, 6.45) is 1.86. The molecule has 0 aliphatic rings. The number of nitrogens with zero attached hydrogens (tertiary/aromatic N) is 2. The van der Waals surface area contributed by atoms with Crippen molar-refractivity contribution < 1.29 is 19.5 Å². The average molecular weight is 420 g/mol. The van der Waals surface area contributed by atoms with E-state index in [1.54, 1.807) is 48.8 Å². The van der Waals surface area contributed by atoms with Crippen molar-refractivity contribution in [1.29, 1.82) is 0 Å². The number of carboxylic acid groups (broad SMARTS) is 1. The maximum absolute atomic E-state index is 12.7. The molecular formula is C23H24N4O4. The lowest BCUT2D eigenvalue weighted by Crippen LogP contribution is -2.19. The molecule has 0 saturated heterocycles. The second-order valence-corrected chi connectivity index (χ2v) is 7.43. The Morgan fingerprint density at radius 2 is 1.84 bits per heavy atom. The minimum atomic E-state index is -1.24. The highest BCUT2D eigenvalue weighted by Gasteiger charge is 2.16. The number of nitrogens with one attached hydrogen (secondary N) is 2. The number of hydrogen-bond donors (Lipinski definition) is 3. The number of hydrogen-bond acceptors (Lipinski definition) is 4. The molecule has 160 valence electrons. The third-order valence-electron chi connectivity index (χ3n) is 4.82. The highest BCUT2D eigenvalue weighted by Crippen LogP contribution is 2.27. The maximum atomic E-state index is 12.7. The van der Waals surface area contributed by atoms with E-state index in [0.717, 1.165) is 17.1 Å². The minimum Gasteiger partial charge on any atom is -0.465 e. The van der Waals surface area contributed by atoms with Crippen molar-refractivity contribution in [2.24, 2.45) is 0 Å². The SMILES string of the molecule is Cc1nccn1-c1cccc(C(=O)CC(=O)Nc2cc(C(C)C)ccc2NC(=O)O)c1. The van der Waals surface area contributed by atoms with Gasteiger partial charge in [-0.15, -0.1) is 0 Å². The lowest BCUT2D eigenvalue weighted by Gasteiger charge is -2.14. The standard InChI is InChI=1S/C23H24N4O4/c1-14(2)16-7-8-19(26-23(30)31)20(12-16)25-22(29)13-21(28)17-5-4-6-18(11-17)27-10-9-24-15(27)3/h4-12,14,26H,13H2,1-3H3,(H,25,29)(H,30,31). The second kappa shape index (κ2) is 9.25. The topological polar surface area (TPSA) is 113 Å². The first kappa shape index (κ1) is 21.8. The molecule has 0 saturated carbocycles. The summed E-state index contributed by atoms with van der Waals surface area (Å²) in [7, 11) is 0. The fraction of sp³-hybridized carbons (Fsp3) is 0.217. The van der Waals surface area contributed by atoms with E-state index in [2.05, 4.69) is 15.6 Å². The van der Waals surface area contributed by atoms with Crippen LogP contribution < -0.4 is 10.6 Å². The van der Waals surface area contributed by atoms with Gasteiger partial charge in [0.15, 0.2) is 5.78 Å². The Bertz CT molecular complexity index is 1130. The Labute approximate surface area is 179 Å². The van der Waals surface area contributed by atoms with Gasteiger partial charge in [0.1, 0.15) is 5.82 Å². The quantitative estimate of drug-likeness (QED) is 0.382. The number of anilines is 2. The molecule has 1 aromatic heterocycles. The zero-order valence-corrected chi connectivity index (χ0v) is 17.5. The Kier molecular flexibility index (Phi) is 6.49. The van der Waals surface area contributed by atoms with Crippen LogP contribution in [0, 0.1) is 6.92 Å². The van der Waals surface area contributed by atoms with Gasteiger partial charge in [-0.05, 0) is 42.7 Å². The predicted molar refractivity (Wildman–Crippen MR) is 118 cm³/mol. The fourth-order valence-corrected chi connectivity index (χ4v) is 3.17. The average Bonchev–Trinajstić information content (AvgIpc) is 3.14. The molecule has 0 aliphatic carbocycles. The van der Waals surface area contributed by atoms with Gasteiger partial charge in [0, 0.05) is 23.6 Å². The van der Waals surface area contributed by atoms with Crippen molar-refractivity contribution in [1.82, 2.24) is 9.55 Å². The number of amides is 2. The molecule has 0 bridgehead atoms. The van der Waals surface area contributed by atoms with Gasteiger partial charge in [-0.2, -0.15) is 0 Å². The molecule has 2 amide bonds. The van der Waals surface area contributed by atoms with Gasteiger partial charge < -0.3 is 15.0 Å². The molecular weight excluding hydrogens is 396 g/mol. The van der Waals surface area contributed by atoms with Gasteiger partial charge in [-0.25, -0.2) is 9.78 Å². The first-order chi connectivity index (χ1) is 14.7. The van der Waals surface area contributed by atoms with Crippen molar-refractivity contribution in [2.45, 2.75) is 33.1 Å². The van der Waals surface area contributed by atoms with Gasteiger partial charge >= 0.3 is 6.09 Å². The van der Waals surface area contributed by atoms with Crippen LogP contribution in [0.25, 0.3) is 5.69 Å². The molecule has 0 fully saturated rings. The van der Waals surface area contributed by atoms with E-state index in [0.29, 0.717) is 11.3 Å². The van der Waals surface area contributed by atoms with Gasteiger partial charge in [-0.1, -0.05) is 32.0 Å². The van der Waals surface area contributed by atoms with Crippen LogP contribution in [0.3, 0.4) is 0 Å². The summed E-state index contributed by atoms with van der Waals surface area (Å²) >= 11 is 0. The molecule has 0 spiro atoms. The zero-order valence-electron chi connectivity index (χ0n) is 17.5. The number of carbonyl (C=O) groups excluding carboxylic acids is 2. The van der Waals surface area contributed by atoms with E-state index >= 15 is 0 Å². The van der Waals surface area contributed by atoms with Crippen LogP contribution in [0.5, 0.6) is 0 Å². The molecule has 0 unspecified atom stereocenters. The van der Waals surface area contributed by atoms with Crippen LogP contribution in [-0.4, -0.2) is 32.4 Å². The normalized spacial score (nSPS) is 10.7. The monoisotopic (exact) mass is 420 g/mol. The van der Waals surface area contributed by atoms with Gasteiger partial charge in [0.05, 0.1) is 17.8 Å². The van der Waals surface area contributed by atoms with Crippen LogP contribution in [-0.2, 0) is 4.79 Å². The van der Waals surface area contributed by atoms with Gasteiger partial charge in [-0.3, -0.25) is 14.9 Å². The van der Waals surface area contributed by atoms with Crippen molar-refractivity contribution >= 4 is 29.2 Å². The van der Waals surface area contributed by atoms with Crippen molar-refractivity contribution in [3.05, 3.63) is 71.8 Å². The van der Waals surface area contributed by atoms with E-state index in [9.17, 15) is 14.4 Å². The third-order valence-corrected chi connectivity index (χ3v) is 4.82. The number of aryl methyl sites for hydroxylation is 1. The van der Waals surface area contributed by atoms with E-state index < -0.39 is 12.0 Å². The molecule has 31 heavy (non-hydrogen) atoms. The van der Waals surface area contributed by atoms with Crippen LogP contribution in [0.2, 0.25) is 0 Å². The van der Waals surface area contributed by atoms with E-state index in [1.165, 1.54) is 0 Å². The molecule has 3 N–H and O–H groups in total. The van der Waals surface area contributed by atoms with Crippen molar-refractivity contribution in [2.75, 3.05) is 10.6 Å². The number of carbonyl (C=O) groups is 3. The molecule has 3 aromatic rings. The summed E-state index contributed by atoms with van der Waals surface area (Å²) in [5.41, 5.74) is 2.67. The Morgan fingerprint density at radius 3 is 2.48 bits per heavy atom. The summed E-state index contributed by atoms with van der Waals surface area (Å²) in [5, 5.41) is 14.0. The summed E-state index contributed by atoms with van der Waals surface area (Å²) in [4.78, 5) is 40.5. The Balaban J connectivity index is 1.76. The molecule has 0 aliphatic heterocycles. The summed E-state index contributed by atoms with van der Waals surface area (Å²) < 4.78 is 1.85. The fourth-order valence-electron chi connectivity index (χ4n) is 3.17. The van der Waals surface area contributed by atoms with Crippen LogP contribution in [0.4, 0.5) is 16.2 Å². The molecule has 8 heteroatoms. The second-order valence-electron chi connectivity index (χ2n) is 7.43. The van der Waals surface area contributed by atoms with E-state index in [-0.39, 0.29) is 23.8 Å². The number of rotatable bonds is 7. The van der Waals surface area contributed by atoms with Crippen LogP contribution >= 0.6 is 0 Å². The number of imidazole rings is 1. The van der Waals surface area contributed by atoms with E-state index in [4.69, 9.17) is 5.11 Å². The highest BCUT2D eigenvalue weighted by atomic mass is 16.4. The van der Waals surface area contributed by atoms with Crippen LogP contribution in [0.1, 0.15) is 47.9 Å². The highest BCUT2D eigenvalue weighted by molar-refractivity contribution is 6.12. The third kappa shape index (κ3) is 5.36. The molecule has 0 atom stereocenters.